The second kappa shape index (κ2) is 4.98. The Morgan fingerprint density at radius 2 is 1.95 bits per heavy atom. The Balaban J connectivity index is 2.44. The zero-order chi connectivity index (χ0) is 15.0. The van der Waals surface area contributed by atoms with Crippen LogP contribution in [0.15, 0.2) is 23.0 Å². The Morgan fingerprint density at radius 3 is 2.55 bits per heavy atom. The molecule has 0 aliphatic rings. The standard InChI is InChI=1S/C15H22N4O/c1-6-10-9-17-8-7-11(10)12-18-13(20-19-12)14(2,3)15(4,5)16/h7-9H,6,16H2,1-5H3. The normalized spacial score (nSPS) is 12.7. The molecule has 2 rings (SSSR count). The van der Waals surface area contributed by atoms with Gasteiger partial charge in [0.25, 0.3) is 0 Å². The summed E-state index contributed by atoms with van der Waals surface area (Å²) in [4.78, 5) is 8.67. The maximum atomic E-state index is 6.21. The quantitative estimate of drug-likeness (QED) is 0.927. The van der Waals surface area contributed by atoms with E-state index in [0.717, 1.165) is 17.5 Å². The molecule has 0 saturated heterocycles. The molecule has 0 aliphatic carbocycles. The third kappa shape index (κ3) is 2.45. The summed E-state index contributed by atoms with van der Waals surface area (Å²) in [6.45, 7) is 10.0. The van der Waals surface area contributed by atoms with Crippen LogP contribution in [0.3, 0.4) is 0 Å². The first-order chi connectivity index (χ1) is 9.27. The van der Waals surface area contributed by atoms with Gasteiger partial charge in [0, 0.05) is 23.5 Å². The summed E-state index contributed by atoms with van der Waals surface area (Å²) in [5.74, 6) is 1.15. The van der Waals surface area contributed by atoms with E-state index in [0.29, 0.717) is 11.7 Å². The predicted octanol–water partition coefficient (Wildman–Crippen LogP) is 2.71. The zero-order valence-electron chi connectivity index (χ0n) is 12.8. The minimum Gasteiger partial charge on any atom is -0.338 e. The molecule has 20 heavy (non-hydrogen) atoms. The molecule has 0 atom stereocenters. The SMILES string of the molecule is CCc1cnccc1-c1noc(C(C)(C)C(C)(C)N)n1. The molecule has 0 radical (unpaired) electrons. The smallest absolute Gasteiger partial charge is 0.234 e. The van der Waals surface area contributed by atoms with E-state index in [1.54, 1.807) is 6.20 Å². The fourth-order valence-corrected chi connectivity index (χ4v) is 1.79. The topological polar surface area (TPSA) is 77.8 Å². The van der Waals surface area contributed by atoms with Crippen LogP contribution in [0.25, 0.3) is 11.4 Å². The highest BCUT2D eigenvalue weighted by Crippen LogP contribution is 2.33. The molecule has 2 N–H and O–H groups in total. The highest BCUT2D eigenvalue weighted by Gasteiger charge is 2.40. The lowest BCUT2D eigenvalue weighted by Crippen LogP contribution is -2.50. The lowest BCUT2D eigenvalue weighted by atomic mass is 9.75. The second-order valence-electron chi connectivity index (χ2n) is 6.16. The molecule has 0 saturated carbocycles. The van der Waals surface area contributed by atoms with Crippen LogP contribution in [-0.4, -0.2) is 20.7 Å². The third-order valence-electron chi connectivity index (χ3n) is 4.10. The van der Waals surface area contributed by atoms with Crippen LogP contribution < -0.4 is 5.73 Å². The number of hydrogen-bond donors (Lipinski definition) is 1. The number of rotatable bonds is 4. The first-order valence-electron chi connectivity index (χ1n) is 6.83. The molecule has 0 spiro atoms. The number of hydrogen-bond acceptors (Lipinski definition) is 5. The first kappa shape index (κ1) is 14.7. The Bertz CT molecular complexity index is 596. The molecule has 2 heterocycles. The van der Waals surface area contributed by atoms with Gasteiger partial charge in [-0.15, -0.1) is 0 Å². The van der Waals surface area contributed by atoms with Gasteiger partial charge in [0.2, 0.25) is 11.7 Å². The molecule has 5 heteroatoms. The van der Waals surface area contributed by atoms with E-state index in [1.807, 2.05) is 40.0 Å². The van der Waals surface area contributed by atoms with Crippen molar-refractivity contribution in [3.8, 4) is 11.4 Å². The van der Waals surface area contributed by atoms with Crippen LogP contribution >= 0.6 is 0 Å². The molecule has 5 nitrogen and oxygen atoms in total. The Kier molecular flexibility index (Phi) is 3.65. The molecule has 0 amide bonds. The molecule has 0 fully saturated rings. The summed E-state index contributed by atoms with van der Waals surface area (Å²) < 4.78 is 5.45. The molecule has 2 aromatic heterocycles. The summed E-state index contributed by atoms with van der Waals surface area (Å²) in [6, 6.07) is 1.91. The van der Waals surface area contributed by atoms with E-state index in [9.17, 15) is 0 Å². The zero-order valence-corrected chi connectivity index (χ0v) is 12.8. The van der Waals surface area contributed by atoms with Crippen LogP contribution in [-0.2, 0) is 11.8 Å². The van der Waals surface area contributed by atoms with Crippen molar-refractivity contribution in [3.63, 3.8) is 0 Å². The van der Waals surface area contributed by atoms with E-state index in [1.165, 1.54) is 0 Å². The van der Waals surface area contributed by atoms with Crippen molar-refractivity contribution in [1.82, 2.24) is 15.1 Å². The number of aromatic nitrogens is 3. The van der Waals surface area contributed by atoms with Crippen molar-refractivity contribution in [2.45, 2.75) is 52.0 Å². The van der Waals surface area contributed by atoms with Gasteiger partial charge >= 0.3 is 0 Å². The molecule has 0 aliphatic heterocycles. The number of nitrogens with zero attached hydrogens (tertiary/aromatic N) is 3. The second-order valence-corrected chi connectivity index (χ2v) is 6.16. The lowest BCUT2D eigenvalue weighted by Gasteiger charge is -2.34. The highest BCUT2D eigenvalue weighted by atomic mass is 16.5. The van der Waals surface area contributed by atoms with Gasteiger partial charge in [0.1, 0.15) is 0 Å². The van der Waals surface area contributed by atoms with Gasteiger partial charge in [0.05, 0.1) is 5.41 Å². The monoisotopic (exact) mass is 274 g/mol. The van der Waals surface area contributed by atoms with Crippen molar-refractivity contribution in [3.05, 3.63) is 29.9 Å². The summed E-state index contributed by atoms with van der Waals surface area (Å²) in [7, 11) is 0. The van der Waals surface area contributed by atoms with Gasteiger partial charge in [-0.25, -0.2) is 0 Å². The van der Waals surface area contributed by atoms with Gasteiger partial charge in [0.15, 0.2) is 0 Å². The van der Waals surface area contributed by atoms with Crippen LogP contribution in [0, 0.1) is 0 Å². The molecule has 0 aromatic carbocycles. The molecular formula is C15H22N4O. The Labute approximate surface area is 119 Å². The van der Waals surface area contributed by atoms with Gasteiger partial charge in [-0.05, 0) is 45.7 Å². The van der Waals surface area contributed by atoms with Crippen LogP contribution in [0.5, 0.6) is 0 Å². The molecule has 2 aromatic rings. The molecule has 108 valence electrons. The largest absolute Gasteiger partial charge is 0.338 e. The average Bonchev–Trinajstić information content (AvgIpc) is 2.87. The summed E-state index contributed by atoms with van der Waals surface area (Å²) >= 11 is 0. The van der Waals surface area contributed by atoms with E-state index >= 15 is 0 Å². The van der Waals surface area contributed by atoms with Crippen molar-refractivity contribution < 1.29 is 4.52 Å². The van der Waals surface area contributed by atoms with E-state index in [2.05, 4.69) is 22.0 Å². The van der Waals surface area contributed by atoms with Crippen LogP contribution in [0.2, 0.25) is 0 Å². The van der Waals surface area contributed by atoms with Crippen molar-refractivity contribution >= 4 is 0 Å². The average molecular weight is 274 g/mol. The number of nitrogens with two attached hydrogens (primary N) is 1. The Morgan fingerprint density at radius 1 is 1.25 bits per heavy atom. The van der Waals surface area contributed by atoms with E-state index in [-0.39, 0.29) is 0 Å². The summed E-state index contributed by atoms with van der Waals surface area (Å²) in [5, 5.41) is 4.11. The van der Waals surface area contributed by atoms with Gasteiger partial charge in [-0.3, -0.25) is 4.98 Å². The number of aryl methyl sites for hydroxylation is 1. The van der Waals surface area contributed by atoms with Gasteiger partial charge in [-0.1, -0.05) is 12.1 Å². The number of pyridine rings is 1. The van der Waals surface area contributed by atoms with E-state index < -0.39 is 11.0 Å². The fourth-order valence-electron chi connectivity index (χ4n) is 1.79. The first-order valence-corrected chi connectivity index (χ1v) is 6.83. The minimum absolute atomic E-state index is 0.405. The third-order valence-corrected chi connectivity index (χ3v) is 4.10. The van der Waals surface area contributed by atoms with Gasteiger partial charge < -0.3 is 10.3 Å². The van der Waals surface area contributed by atoms with Crippen molar-refractivity contribution in [2.75, 3.05) is 0 Å². The minimum atomic E-state index is -0.456. The maximum absolute atomic E-state index is 6.21. The highest BCUT2D eigenvalue weighted by molar-refractivity contribution is 5.58. The van der Waals surface area contributed by atoms with Crippen LogP contribution in [0.4, 0.5) is 0 Å². The molecule has 0 bridgehead atoms. The van der Waals surface area contributed by atoms with Crippen LogP contribution in [0.1, 0.15) is 46.1 Å². The van der Waals surface area contributed by atoms with Crippen molar-refractivity contribution in [2.24, 2.45) is 5.73 Å². The van der Waals surface area contributed by atoms with Crippen molar-refractivity contribution in [1.29, 1.82) is 0 Å². The van der Waals surface area contributed by atoms with E-state index in [4.69, 9.17) is 10.3 Å². The maximum Gasteiger partial charge on any atom is 0.234 e. The summed E-state index contributed by atoms with van der Waals surface area (Å²) in [5.41, 5.74) is 7.41. The molecule has 0 unspecified atom stereocenters. The Hall–Kier alpha value is -1.75. The lowest BCUT2D eigenvalue weighted by molar-refractivity contribution is 0.223. The summed E-state index contributed by atoms with van der Waals surface area (Å²) in [6.07, 6.45) is 4.45. The predicted molar refractivity (Wildman–Crippen MR) is 78.2 cm³/mol. The van der Waals surface area contributed by atoms with Gasteiger partial charge in [-0.2, -0.15) is 4.98 Å². The molecular weight excluding hydrogens is 252 g/mol. The fraction of sp³-hybridized carbons (Fsp3) is 0.533.